The van der Waals surface area contributed by atoms with Crippen LogP contribution in [0, 0.1) is 0 Å². The van der Waals surface area contributed by atoms with Crippen LogP contribution in [0.3, 0.4) is 0 Å². The number of hydrogen-bond acceptors (Lipinski definition) is 3. The molecule has 5 nitrogen and oxygen atoms in total. The van der Waals surface area contributed by atoms with Gasteiger partial charge in [0.2, 0.25) is 0 Å². The number of fused-ring (bicyclic) bond motifs is 2. The average Bonchev–Trinajstić information content (AvgIpc) is 2.62. The molecule has 6 heteroatoms. The second-order valence-corrected chi connectivity index (χ2v) is 6.76. The molecule has 132 valence electrons. The molecular formula is C20H17NO4S. The fourth-order valence-electron chi connectivity index (χ4n) is 2.66. The summed E-state index contributed by atoms with van der Waals surface area (Å²) >= 11 is 0. The lowest BCUT2D eigenvalue weighted by Crippen LogP contribution is -2.10. The number of benzene rings is 4. The van der Waals surface area contributed by atoms with Crippen LogP contribution in [-0.2, 0) is 10.3 Å². The van der Waals surface area contributed by atoms with Gasteiger partial charge in [-0.25, -0.2) is 0 Å². The largest absolute Gasteiger partial charge is 0.507 e. The second kappa shape index (κ2) is 7.43. The molecule has 0 bridgehead atoms. The van der Waals surface area contributed by atoms with Gasteiger partial charge in [0.05, 0.1) is 5.69 Å². The van der Waals surface area contributed by atoms with Crippen molar-refractivity contribution < 1.29 is 18.1 Å². The van der Waals surface area contributed by atoms with Crippen LogP contribution < -0.4 is 4.72 Å². The maximum absolute atomic E-state index is 10.7. The fourth-order valence-corrected chi connectivity index (χ4v) is 3.12. The van der Waals surface area contributed by atoms with Gasteiger partial charge in [0.25, 0.3) is 0 Å². The molecule has 4 aromatic carbocycles. The summed E-state index contributed by atoms with van der Waals surface area (Å²) in [7, 11) is -4.22. The average molecular weight is 367 g/mol. The summed E-state index contributed by atoms with van der Waals surface area (Å²) in [6, 6.07) is 25.8. The first-order chi connectivity index (χ1) is 12.4. The highest BCUT2D eigenvalue weighted by atomic mass is 32.2. The molecule has 0 aliphatic rings. The number of anilines is 1. The van der Waals surface area contributed by atoms with E-state index in [1.54, 1.807) is 30.3 Å². The maximum atomic E-state index is 10.7. The molecule has 0 saturated carbocycles. The van der Waals surface area contributed by atoms with Gasteiger partial charge in [-0.15, -0.1) is 0 Å². The number of rotatable bonds is 2. The Morgan fingerprint density at radius 2 is 1.15 bits per heavy atom. The summed E-state index contributed by atoms with van der Waals surface area (Å²) in [5.74, 6) is 0.350. The van der Waals surface area contributed by atoms with Crippen LogP contribution in [0.15, 0.2) is 84.9 Å². The maximum Gasteiger partial charge on any atom is 0.357 e. The number of hydrogen-bond donors (Lipinski definition) is 3. The Morgan fingerprint density at radius 1 is 0.654 bits per heavy atom. The van der Waals surface area contributed by atoms with Crippen LogP contribution >= 0.6 is 0 Å². The van der Waals surface area contributed by atoms with E-state index in [0.29, 0.717) is 11.4 Å². The molecule has 3 N–H and O–H groups in total. The first-order valence-corrected chi connectivity index (χ1v) is 9.28. The van der Waals surface area contributed by atoms with E-state index in [-0.39, 0.29) is 0 Å². The predicted octanol–water partition coefficient (Wildman–Crippen LogP) is 4.60. The highest BCUT2D eigenvalue weighted by Crippen LogP contribution is 2.24. The molecule has 4 aromatic rings. The Morgan fingerprint density at radius 3 is 1.77 bits per heavy atom. The van der Waals surface area contributed by atoms with Crippen LogP contribution in [0.5, 0.6) is 5.75 Å². The van der Waals surface area contributed by atoms with Crippen molar-refractivity contribution in [2.45, 2.75) is 0 Å². The zero-order valence-electron chi connectivity index (χ0n) is 13.7. The molecule has 0 radical (unpaired) electrons. The molecule has 0 amide bonds. The molecule has 0 unspecified atom stereocenters. The third-order valence-electron chi connectivity index (χ3n) is 3.80. The lowest BCUT2D eigenvalue weighted by Gasteiger charge is -2.06. The van der Waals surface area contributed by atoms with Crippen molar-refractivity contribution in [3.05, 3.63) is 84.9 Å². The van der Waals surface area contributed by atoms with Crippen LogP contribution in [0.2, 0.25) is 0 Å². The Balaban J connectivity index is 0.000000158. The SMILES string of the molecule is O=S(=O)(O)Nc1cccc2ccccc12.Oc1cccc2ccccc12. The highest BCUT2D eigenvalue weighted by molar-refractivity contribution is 7.87. The van der Waals surface area contributed by atoms with Crippen molar-refractivity contribution in [2.24, 2.45) is 0 Å². The van der Waals surface area contributed by atoms with E-state index in [0.717, 1.165) is 21.5 Å². The summed E-state index contributed by atoms with van der Waals surface area (Å²) < 4.78 is 32.1. The molecule has 0 heterocycles. The molecule has 4 rings (SSSR count). The fraction of sp³-hybridized carbons (Fsp3) is 0. The standard InChI is InChI=1S/C10H9NO3S.C10H8O/c12-15(13,14)11-10-7-3-5-8-4-1-2-6-9(8)10;11-10-7-3-5-8-4-1-2-6-9(8)10/h1-7,11H,(H,12,13,14);1-7,11H. The number of phenols is 1. The Labute approximate surface area is 151 Å². The van der Waals surface area contributed by atoms with Crippen molar-refractivity contribution >= 4 is 37.5 Å². The first kappa shape index (κ1) is 17.7. The van der Waals surface area contributed by atoms with Crippen molar-refractivity contribution in [1.82, 2.24) is 0 Å². The van der Waals surface area contributed by atoms with Crippen molar-refractivity contribution in [3.8, 4) is 5.75 Å². The van der Waals surface area contributed by atoms with Gasteiger partial charge in [0, 0.05) is 10.8 Å². The third kappa shape index (κ3) is 4.30. The number of aromatic hydroxyl groups is 1. The third-order valence-corrected chi connectivity index (χ3v) is 4.27. The van der Waals surface area contributed by atoms with Gasteiger partial charge in [0.15, 0.2) is 0 Å². The Hall–Kier alpha value is -3.09. The zero-order chi connectivity index (χ0) is 18.6. The molecular weight excluding hydrogens is 350 g/mol. The van der Waals surface area contributed by atoms with Gasteiger partial charge in [-0.05, 0) is 22.9 Å². The van der Waals surface area contributed by atoms with Crippen LogP contribution in [-0.4, -0.2) is 18.1 Å². The van der Waals surface area contributed by atoms with E-state index < -0.39 is 10.3 Å². The highest BCUT2D eigenvalue weighted by Gasteiger charge is 2.06. The predicted molar refractivity (Wildman–Crippen MR) is 105 cm³/mol. The molecule has 26 heavy (non-hydrogen) atoms. The Kier molecular flexibility index (Phi) is 5.06. The quantitative estimate of drug-likeness (QED) is 0.452. The summed E-state index contributed by atoms with van der Waals surface area (Å²) in [6.45, 7) is 0. The first-order valence-electron chi connectivity index (χ1n) is 7.84. The summed E-state index contributed by atoms with van der Waals surface area (Å²) in [5.41, 5.74) is 0.371. The minimum absolute atomic E-state index is 0.350. The lowest BCUT2D eigenvalue weighted by molar-refractivity contribution is 0.481. The molecule has 0 saturated heterocycles. The zero-order valence-corrected chi connectivity index (χ0v) is 14.5. The molecule has 0 spiro atoms. The van der Waals surface area contributed by atoms with Crippen LogP contribution in [0.1, 0.15) is 0 Å². The van der Waals surface area contributed by atoms with E-state index in [1.165, 1.54) is 0 Å². The summed E-state index contributed by atoms with van der Waals surface area (Å²) in [4.78, 5) is 0. The van der Waals surface area contributed by atoms with E-state index in [2.05, 4.69) is 4.72 Å². The van der Waals surface area contributed by atoms with Crippen molar-refractivity contribution in [2.75, 3.05) is 4.72 Å². The topological polar surface area (TPSA) is 86.6 Å². The number of phenolic OH excluding ortho intramolecular Hbond substituents is 1. The lowest BCUT2D eigenvalue weighted by atomic mass is 10.1. The van der Waals surface area contributed by atoms with Gasteiger partial charge >= 0.3 is 10.3 Å². The molecule has 0 aromatic heterocycles. The van der Waals surface area contributed by atoms with Crippen LogP contribution in [0.25, 0.3) is 21.5 Å². The monoisotopic (exact) mass is 367 g/mol. The van der Waals surface area contributed by atoms with E-state index in [4.69, 9.17) is 4.55 Å². The van der Waals surface area contributed by atoms with Crippen LogP contribution in [0.4, 0.5) is 5.69 Å². The van der Waals surface area contributed by atoms with Crippen molar-refractivity contribution in [1.29, 1.82) is 0 Å². The Bertz CT molecular complexity index is 1150. The molecule has 0 fully saturated rings. The van der Waals surface area contributed by atoms with Gasteiger partial charge < -0.3 is 5.11 Å². The van der Waals surface area contributed by atoms with E-state index in [1.807, 2.05) is 54.6 Å². The van der Waals surface area contributed by atoms with Gasteiger partial charge in [-0.3, -0.25) is 9.27 Å². The minimum atomic E-state index is -4.22. The molecule has 0 aliphatic heterocycles. The van der Waals surface area contributed by atoms with Gasteiger partial charge in [-0.1, -0.05) is 72.8 Å². The minimum Gasteiger partial charge on any atom is -0.507 e. The number of nitrogens with one attached hydrogen (secondary N) is 1. The smallest absolute Gasteiger partial charge is 0.357 e. The van der Waals surface area contributed by atoms with E-state index >= 15 is 0 Å². The van der Waals surface area contributed by atoms with E-state index in [9.17, 15) is 13.5 Å². The van der Waals surface area contributed by atoms with Gasteiger partial charge in [0.1, 0.15) is 5.75 Å². The van der Waals surface area contributed by atoms with Crippen molar-refractivity contribution in [3.63, 3.8) is 0 Å². The van der Waals surface area contributed by atoms with Gasteiger partial charge in [-0.2, -0.15) is 8.42 Å². The second-order valence-electron chi connectivity index (χ2n) is 5.60. The molecule has 0 atom stereocenters. The normalized spacial score (nSPS) is 11.0. The summed E-state index contributed by atoms with van der Waals surface area (Å²) in [6.07, 6.45) is 0. The molecule has 0 aliphatic carbocycles. The summed E-state index contributed by atoms with van der Waals surface area (Å²) in [5, 5.41) is 13.0.